The first-order valence-electron chi connectivity index (χ1n) is 4.23. The molecule has 2 amide bonds. The molecule has 16 heavy (non-hydrogen) atoms. The normalized spacial score (nSPS) is 10.0. The number of aromatic hydroxyl groups is 1. The van der Waals surface area contributed by atoms with Crippen LogP contribution in [0.15, 0.2) is 12.1 Å². The van der Waals surface area contributed by atoms with E-state index in [-0.39, 0.29) is 21.5 Å². The molecular formula is C9H10Cl2N2O3. The molecule has 1 aromatic rings. The third-order valence-electron chi connectivity index (χ3n) is 1.87. The van der Waals surface area contributed by atoms with Gasteiger partial charge < -0.3 is 10.4 Å². The van der Waals surface area contributed by atoms with Crippen molar-refractivity contribution in [1.82, 2.24) is 5.06 Å². The minimum atomic E-state index is -0.545. The summed E-state index contributed by atoms with van der Waals surface area (Å²) in [5, 5.41) is 13.1. The molecule has 0 aromatic heterocycles. The molecule has 0 heterocycles. The van der Waals surface area contributed by atoms with Gasteiger partial charge in [-0.3, -0.25) is 4.84 Å². The molecule has 0 saturated heterocycles. The Bertz CT molecular complexity index is 412. The summed E-state index contributed by atoms with van der Waals surface area (Å²) in [4.78, 5) is 16.1. The predicted molar refractivity (Wildman–Crippen MR) is 61.9 cm³/mol. The van der Waals surface area contributed by atoms with Crippen LogP contribution in [0.4, 0.5) is 10.5 Å². The summed E-state index contributed by atoms with van der Waals surface area (Å²) in [6.07, 6.45) is 0. The van der Waals surface area contributed by atoms with Gasteiger partial charge in [-0.1, -0.05) is 23.2 Å². The van der Waals surface area contributed by atoms with Gasteiger partial charge in [-0.05, 0) is 12.1 Å². The highest BCUT2D eigenvalue weighted by molar-refractivity contribution is 6.43. The van der Waals surface area contributed by atoms with Crippen molar-refractivity contribution in [3.05, 3.63) is 22.2 Å². The van der Waals surface area contributed by atoms with E-state index in [1.54, 1.807) is 0 Å². The van der Waals surface area contributed by atoms with Gasteiger partial charge >= 0.3 is 6.03 Å². The van der Waals surface area contributed by atoms with E-state index in [1.165, 1.54) is 26.3 Å². The van der Waals surface area contributed by atoms with Crippen molar-refractivity contribution in [2.24, 2.45) is 0 Å². The molecule has 0 atom stereocenters. The van der Waals surface area contributed by atoms with E-state index in [0.717, 1.165) is 5.06 Å². The number of hydroxylamine groups is 2. The Hall–Kier alpha value is -1.17. The van der Waals surface area contributed by atoms with Crippen LogP contribution in [0.1, 0.15) is 0 Å². The van der Waals surface area contributed by atoms with Gasteiger partial charge in [0.1, 0.15) is 5.02 Å². The number of halogens is 2. The van der Waals surface area contributed by atoms with E-state index in [0.29, 0.717) is 0 Å². The minimum absolute atomic E-state index is 0.0143. The molecule has 0 bridgehead atoms. The average Bonchev–Trinajstić information content (AvgIpc) is 2.28. The fourth-order valence-corrected chi connectivity index (χ4v) is 1.23. The Balaban J connectivity index is 2.91. The number of benzene rings is 1. The maximum absolute atomic E-state index is 11.4. The number of phenolic OH excluding ortho intramolecular Hbond substituents is 1. The lowest BCUT2D eigenvalue weighted by Crippen LogP contribution is -2.30. The summed E-state index contributed by atoms with van der Waals surface area (Å²) in [6.45, 7) is 0. The molecule has 0 aliphatic heterocycles. The van der Waals surface area contributed by atoms with Gasteiger partial charge in [0.2, 0.25) is 0 Å². The number of carbonyl (C=O) groups excluding carboxylic acids is 1. The third-order valence-corrected chi connectivity index (χ3v) is 2.66. The summed E-state index contributed by atoms with van der Waals surface area (Å²) in [5.74, 6) is -0.285. The van der Waals surface area contributed by atoms with E-state index in [2.05, 4.69) is 10.2 Å². The number of hydrogen-bond acceptors (Lipinski definition) is 3. The molecular weight excluding hydrogens is 255 g/mol. The number of amides is 2. The molecule has 0 fully saturated rings. The average molecular weight is 265 g/mol. The minimum Gasteiger partial charge on any atom is -0.504 e. The molecule has 0 unspecified atom stereocenters. The van der Waals surface area contributed by atoms with Crippen molar-refractivity contribution >= 4 is 34.9 Å². The van der Waals surface area contributed by atoms with Crippen LogP contribution >= 0.6 is 23.2 Å². The maximum atomic E-state index is 11.4. The number of carbonyl (C=O) groups is 1. The number of nitrogens with zero attached hydrogens (tertiary/aromatic N) is 1. The molecule has 0 radical (unpaired) electrons. The smallest absolute Gasteiger partial charge is 0.345 e. The van der Waals surface area contributed by atoms with Crippen LogP contribution in [0.25, 0.3) is 0 Å². The zero-order valence-electron chi connectivity index (χ0n) is 8.62. The highest BCUT2D eigenvalue weighted by Gasteiger charge is 2.14. The van der Waals surface area contributed by atoms with Gasteiger partial charge in [-0.2, -0.15) is 0 Å². The van der Waals surface area contributed by atoms with Crippen molar-refractivity contribution in [3.8, 4) is 5.75 Å². The van der Waals surface area contributed by atoms with Crippen LogP contribution in [-0.4, -0.2) is 30.4 Å². The van der Waals surface area contributed by atoms with E-state index >= 15 is 0 Å². The van der Waals surface area contributed by atoms with Crippen LogP contribution in [0.5, 0.6) is 5.75 Å². The van der Waals surface area contributed by atoms with Gasteiger partial charge in [-0.25, -0.2) is 9.86 Å². The summed E-state index contributed by atoms with van der Waals surface area (Å²) in [6, 6.07) is 2.35. The van der Waals surface area contributed by atoms with Crippen molar-refractivity contribution in [2.45, 2.75) is 0 Å². The van der Waals surface area contributed by atoms with E-state index < -0.39 is 6.03 Å². The zero-order valence-corrected chi connectivity index (χ0v) is 10.1. The molecule has 5 nitrogen and oxygen atoms in total. The Morgan fingerprint density at radius 3 is 2.69 bits per heavy atom. The number of urea groups is 1. The van der Waals surface area contributed by atoms with Gasteiger partial charge in [0.15, 0.2) is 5.75 Å². The fraction of sp³-hybridized carbons (Fsp3) is 0.222. The second-order valence-corrected chi connectivity index (χ2v) is 3.65. The number of hydrogen-bond donors (Lipinski definition) is 2. The summed E-state index contributed by atoms with van der Waals surface area (Å²) in [7, 11) is 2.76. The number of nitrogens with one attached hydrogen (secondary N) is 1. The Morgan fingerprint density at radius 1 is 1.50 bits per heavy atom. The van der Waals surface area contributed by atoms with Gasteiger partial charge in [0.25, 0.3) is 0 Å². The molecule has 0 aliphatic rings. The Labute approximate surface area is 102 Å². The molecule has 2 N–H and O–H groups in total. The second kappa shape index (κ2) is 5.25. The quantitative estimate of drug-likeness (QED) is 0.638. The van der Waals surface area contributed by atoms with Crippen molar-refractivity contribution < 1.29 is 14.7 Å². The highest BCUT2D eigenvalue weighted by Crippen LogP contribution is 2.37. The van der Waals surface area contributed by atoms with E-state index in [9.17, 15) is 9.90 Å². The Kier molecular flexibility index (Phi) is 4.23. The van der Waals surface area contributed by atoms with Crippen LogP contribution in [0.2, 0.25) is 10.0 Å². The molecule has 1 rings (SSSR count). The third kappa shape index (κ3) is 2.69. The second-order valence-electron chi connectivity index (χ2n) is 2.87. The topological polar surface area (TPSA) is 61.8 Å². The molecule has 7 heteroatoms. The van der Waals surface area contributed by atoms with Gasteiger partial charge in [0, 0.05) is 7.05 Å². The Morgan fingerprint density at radius 2 is 2.12 bits per heavy atom. The van der Waals surface area contributed by atoms with Crippen LogP contribution < -0.4 is 5.32 Å². The zero-order chi connectivity index (χ0) is 12.3. The van der Waals surface area contributed by atoms with Crippen LogP contribution in [0.3, 0.4) is 0 Å². The molecule has 0 saturated carbocycles. The van der Waals surface area contributed by atoms with Gasteiger partial charge in [-0.15, -0.1) is 0 Å². The lowest BCUT2D eigenvalue weighted by atomic mass is 10.3. The predicted octanol–water partition coefficient (Wildman–Crippen LogP) is 2.72. The maximum Gasteiger partial charge on any atom is 0.345 e. The number of anilines is 1. The fourth-order valence-electron chi connectivity index (χ4n) is 0.918. The lowest BCUT2D eigenvalue weighted by Gasteiger charge is -2.15. The first kappa shape index (κ1) is 12.9. The first-order chi connectivity index (χ1) is 7.47. The van der Waals surface area contributed by atoms with Crippen LogP contribution in [0, 0.1) is 0 Å². The highest BCUT2D eigenvalue weighted by atomic mass is 35.5. The SMILES string of the molecule is CON(C)C(=O)Nc1ccc(Cl)c(Cl)c1O. The van der Waals surface area contributed by atoms with Crippen molar-refractivity contribution in [2.75, 3.05) is 19.5 Å². The van der Waals surface area contributed by atoms with E-state index in [4.69, 9.17) is 23.2 Å². The number of phenols is 1. The van der Waals surface area contributed by atoms with Crippen molar-refractivity contribution in [1.29, 1.82) is 0 Å². The molecule has 88 valence electrons. The number of rotatable bonds is 2. The molecule has 0 aliphatic carbocycles. The summed E-state index contributed by atoms with van der Waals surface area (Å²) < 4.78 is 0. The van der Waals surface area contributed by atoms with E-state index in [1.807, 2.05) is 0 Å². The van der Waals surface area contributed by atoms with Crippen molar-refractivity contribution in [3.63, 3.8) is 0 Å². The molecule has 1 aromatic carbocycles. The lowest BCUT2D eigenvalue weighted by molar-refractivity contribution is -0.0598. The molecule has 0 spiro atoms. The standard InChI is InChI=1S/C9H10Cl2N2O3/c1-13(16-2)9(15)12-6-4-3-5(10)7(11)8(6)14/h3-4,14H,1-2H3,(H,12,15). The largest absolute Gasteiger partial charge is 0.504 e. The monoisotopic (exact) mass is 264 g/mol. The summed E-state index contributed by atoms with van der Waals surface area (Å²) >= 11 is 11.4. The van der Waals surface area contributed by atoms with Crippen LogP contribution in [-0.2, 0) is 4.84 Å². The first-order valence-corrected chi connectivity index (χ1v) is 4.98. The van der Waals surface area contributed by atoms with Gasteiger partial charge in [0.05, 0.1) is 17.8 Å². The summed E-state index contributed by atoms with van der Waals surface area (Å²) in [5.41, 5.74) is 0.156.